The van der Waals surface area contributed by atoms with Crippen LogP contribution in [0, 0.1) is 5.92 Å². The molecule has 0 aliphatic heterocycles. The van der Waals surface area contributed by atoms with Gasteiger partial charge < -0.3 is 10.2 Å². The van der Waals surface area contributed by atoms with Crippen molar-refractivity contribution < 1.29 is 4.79 Å². The van der Waals surface area contributed by atoms with E-state index in [1.165, 1.54) is 0 Å². The van der Waals surface area contributed by atoms with Gasteiger partial charge in [-0.05, 0) is 37.8 Å². The third-order valence-electron chi connectivity index (χ3n) is 3.36. The van der Waals surface area contributed by atoms with Crippen LogP contribution in [0.2, 0.25) is 0 Å². The SMILES string of the molecule is CCCNc1ccc(C(=O)N(C)C(C)CC(C)C)cn1. The van der Waals surface area contributed by atoms with Gasteiger partial charge in [0.1, 0.15) is 5.82 Å². The van der Waals surface area contributed by atoms with E-state index in [4.69, 9.17) is 0 Å². The summed E-state index contributed by atoms with van der Waals surface area (Å²) in [5.41, 5.74) is 0.644. The van der Waals surface area contributed by atoms with Gasteiger partial charge in [-0.3, -0.25) is 4.79 Å². The second kappa shape index (κ2) is 7.88. The van der Waals surface area contributed by atoms with E-state index in [1.54, 1.807) is 11.1 Å². The Morgan fingerprint density at radius 3 is 2.55 bits per heavy atom. The van der Waals surface area contributed by atoms with Gasteiger partial charge in [0.2, 0.25) is 0 Å². The molecule has 4 nitrogen and oxygen atoms in total. The Labute approximate surface area is 122 Å². The number of carbonyl (C=O) groups is 1. The highest BCUT2D eigenvalue weighted by Gasteiger charge is 2.18. The van der Waals surface area contributed by atoms with Gasteiger partial charge in [0.25, 0.3) is 5.91 Å². The lowest BCUT2D eigenvalue weighted by molar-refractivity contribution is 0.0728. The van der Waals surface area contributed by atoms with Gasteiger partial charge >= 0.3 is 0 Å². The molecule has 0 bridgehead atoms. The lowest BCUT2D eigenvalue weighted by atomic mass is 10.0. The molecule has 1 amide bonds. The number of rotatable bonds is 7. The summed E-state index contributed by atoms with van der Waals surface area (Å²) in [7, 11) is 1.86. The highest BCUT2D eigenvalue weighted by Crippen LogP contribution is 2.13. The van der Waals surface area contributed by atoms with Gasteiger partial charge in [-0.25, -0.2) is 4.98 Å². The zero-order valence-corrected chi connectivity index (χ0v) is 13.3. The number of amides is 1. The van der Waals surface area contributed by atoms with Crippen LogP contribution in [-0.4, -0.2) is 35.4 Å². The topological polar surface area (TPSA) is 45.2 Å². The average molecular weight is 277 g/mol. The van der Waals surface area contributed by atoms with Crippen LogP contribution in [0.4, 0.5) is 5.82 Å². The molecule has 0 aromatic carbocycles. The van der Waals surface area contributed by atoms with Crippen molar-refractivity contribution in [3.8, 4) is 0 Å². The van der Waals surface area contributed by atoms with Crippen LogP contribution in [0.3, 0.4) is 0 Å². The van der Waals surface area contributed by atoms with Gasteiger partial charge in [-0.15, -0.1) is 0 Å². The maximum atomic E-state index is 12.4. The van der Waals surface area contributed by atoms with Crippen molar-refractivity contribution in [3.63, 3.8) is 0 Å². The van der Waals surface area contributed by atoms with Crippen molar-refractivity contribution in [1.29, 1.82) is 0 Å². The number of nitrogens with zero attached hydrogens (tertiary/aromatic N) is 2. The summed E-state index contributed by atoms with van der Waals surface area (Å²) in [6, 6.07) is 3.94. The maximum Gasteiger partial charge on any atom is 0.255 e. The lowest BCUT2D eigenvalue weighted by Crippen LogP contribution is -2.35. The quantitative estimate of drug-likeness (QED) is 0.830. The third-order valence-corrected chi connectivity index (χ3v) is 3.36. The minimum absolute atomic E-state index is 0.0349. The van der Waals surface area contributed by atoms with E-state index in [0.717, 1.165) is 25.2 Å². The summed E-state index contributed by atoms with van der Waals surface area (Å²) in [6.07, 6.45) is 3.71. The molecular formula is C16H27N3O. The summed E-state index contributed by atoms with van der Waals surface area (Å²) in [5.74, 6) is 1.44. The van der Waals surface area contributed by atoms with Gasteiger partial charge in [0.05, 0.1) is 5.56 Å². The van der Waals surface area contributed by atoms with Crippen LogP contribution < -0.4 is 5.32 Å². The molecule has 0 saturated heterocycles. The number of hydrogen-bond donors (Lipinski definition) is 1. The Bertz CT molecular complexity index is 414. The standard InChI is InChI=1S/C16H27N3O/c1-6-9-17-15-8-7-14(11-18-15)16(20)19(5)13(4)10-12(2)3/h7-8,11-13H,6,9-10H2,1-5H3,(H,17,18). The lowest BCUT2D eigenvalue weighted by Gasteiger charge is -2.26. The average Bonchev–Trinajstić information content (AvgIpc) is 2.43. The maximum absolute atomic E-state index is 12.4. The first kappa shape index (κ1) is 16.5. The predicted molar refractivity (Wildman–Crippen MR) is 84.0 cm³/mol. The molecule has 1 heterocycles. The molecule has 1 unspecified atom stereocenters. The van der Waals surface area contributed by atoms with E-state index >= 15 is 0 Å². The Kier molecular flexibility index (Phi) is 6.49. The highest BCUT2D eigenvalue weighted by molar-refractivity contribution is 5.94. The number of pyridine rings is 1. The molecule has 0 fully saturated rings. The van der Waals surface area contributed by atoms with Crippen molar-refractivity contribution in [2.75, 3.05) is 18.9 Å². The zero-order valence-electron chi connectivity index (χ0n) is 13.3. The van der Waals surface area contributed by atoms with Crippen LogP contribution in [0.25, 0.3) is 0 Å². The van der Waals surface area contributed by atoms with Crippen LogP contribution in [0.5, 0.6) is 0 Å². The Hall–Kier alpha value is -1.58. The first-order chi connectivity index (χ1) is 9.45. The van der Waals surface area contributed by atoms with E-state index in [-0.39, 0.29) is 11.9 Å². The fourth-order valence-electron chi connectivity index (χ4n) is 2.12. The summed E-state index contributed by atoms with van der Waals surface area (Å²) in [4.78, 5) is 18.4. The molecule has 1 atom stereocenters. The van der Waals surface area contributed by atoms with Crippen molar-refractivity contribution >= 4 is 11.7 Å². The Balaban J connectivity index is 2.66. The van der Waals surface area contributed by atoms with E-state index < -0.39 is 0 Å². The first-order valence-corrected chi connectivity index (χ1v) is 7.42. The molecule has 4 heteroatoms. The van der Waals surface area contributed by atoms with Crippen molar-refractivity contribution in [3.05, 3.63) is 23.9 Å². The highest BCUT2D eigenvalue weighted by atomic mass is 16.2. The van der Waals surface area contributed by atoms with Gasteiger partial charge in [0.15, 0.2) is 0 Å². The van der Waals surface area contributed by atoms with Crippen molar-refractivity contribution in [2.45, 2.75) is 46.6 Å². The van der Waals surface area contributed by atoms with Crippen LogP contribution >= 0.6 is 0 Å². The summed E-state index contributed by atoms with van der Waals surface area (Å²) in [6.45, 7) is 9.43. The molecule has 20 heavy (non-hydrogen) atoms. The molecular weight excluding hydrogens is 250 g/mol. The second-order valence-electron chi connectivity index (χ2n) is 5.75. The number of anilines is 1. The third kappa shape index (κ3) is 4.83. The van der Waals surface area contributed by atoms with Gasteiger partial charge in [0, 0.05) is 25.8 Å². The number of nitrogens with one attached hydrogen (secondary N) is 1. The second-order valence-corrected chi connectivity index (χ2v) is 5.75. The van der Waals surface area contributed by atoms with E-state index in [9.17, 15) is 4.79 Å². The predicted octanol–water partition coefficient (Wildman–Crippen LogP) is 3.41. The Morgan fingerprint density at radius 1 is 1.35 bits per heavy atom. The molecule has 1 N–H and O–H groups in total. The number of hydrogen-bond acceptors (Lipinski definition) is 3. The van der Waals surface area contributed by atoms with E-state index in [2.05, 4.69) is 38.0 Å². The molecule has 0 aliphatic rings. The molecule has 0 spiro atoms. The molecule has 1 aromatic heterocycles. The largest absolute Gasteiger partial charge is 0.370 e. The summed E-state index contributed by atoms with van der Waals surface area (Å²) in [5, 5.41) is 3.20. The zero-order chi connectivity index (χ0) is 15.1. The summed E-state index contributed by atoms with van der Waals surface area (Å²) < 4.78 is 0. The number of carbonyl (C=O) groups excluding carboxylic acids is 1. The molecule has 1 aromatic rings. The minimum Gasteiger partial charge on any atom is -0.370 e. The summed E-state index contributed by atoms with van der Waals surface area (Å²) >= 11 is 0. The normalized spacial score (nSPS) is 12.3. The van der Waals surface area contributed by atoms with Crippen LogP contribution in [0.15, 0.2) is 18.3 Å². The molecule has 0 saturated carbocycles. The first-order valence-electron chi connectivity index (χ1n) is 7.42. The number of aromatic nitrogens is 1. The molecule has 0 radical (unpaired) electrons. The fourth-order valence-corrected chi connectivity index (χ4v) is 2.12. The van der Waals surface area contributed by atoms with Crippen molar-refractivity contribution in [1.82, 2.24) is 9.88 Å². The van der Waals surface area contributed by atoms with E-state index in [1.807, 2.05) is 19.2 Å². The minimum atomic E-state index is 0.0349. The fraction of sp³-hybridized carbons (Fsp3) is 0.625. The van der Waals surface area contributed by atoms with Crippen LogP contribution in [0.1, 0.15) is 50.9 Å². The smallest absolute Gasteiger partial charge is 0.255 e. The van der Waals surface area contributed by atoms with E-state index in [0.29, 0.717) is 11.5 Å². The monoisotopic (exact) mass is 277 g/mol. The van der Waals surface area contributed by atoms with Crippen molar-refractivity contribution in [2.24, 2.45) is 5.92 Å². The Morgan fingerprint density at radius 2 is 2.05 bits per heavy atom. The molecule has 0 aliphatic carbocycles. The van der Waals surface area contributed by atoms with Gasteiger partial charge in [-0.2, -0.15) is 0 Å². The van der Waals surface area contributed by atoms with Crippen LogP contribution in [-0.2, 0) is 0 Å². The molecule has 1 rings (SSSR count). The van der Waals surface area contributed by atoms with Gasteiger partial charge in [-0.1, -0.05) is 20.8 Å². The molecule has 112 valence electrons.